The third-order valence-corrected chi connectivity index (χ3v) is 5.76. The highest BCUT2D eigenvalue weighted by Crippen LogP contribution is 2.34. The molecule has 0 aliphatic carbocycles. The predicted molar refractivity (Wildman–Crippen MR) is 110 cm³/mol. The molecule has 7 nitrogen and oxygen atoms in total. The standard InChI is InChI=1S/C21H19F3N2O5S/c1-13-10-15-11-17(32(25,29)30)7-8-18(15)26(13)19(27)12-31-20(28)9-4-14-2-5-16(6-3-14)21(22,23)24/h2-9,11,13H,10,12H2,1H3,(H2,25,29,30)/b9-4+. The predicted octanol–water partition coefficient (Wildman–Crippen LogP) is 2.89. The normalized spacial score (nSPS) is 16.3. The van der Waals surface area contributed by atoms with Crippen LogP contribution < -0.4 is 10.0 Å². The minimum Gasteiger partial charge on any atom is -0.452 e. The number of anilines is 1. The molecule has 0 saturated heterocycles. The van der Waals surface area contributed by atoms with Gasteiger partial charge in [0.1, 0.15) is 0 Å². The highest BCUT2D eigenvalue weighted by Gasteiger charge is 2.32. The summed E-state index contributed by atoms with van der Waals surface area (Å²) in [4.78, 5) is 25.8. The van der Waals surface area contributed by atoms with Crippen LogP contribution in [0.1, 0.15) is 23.6 Å². The SMILES string of the molecule is CC1Cc2cc(S(N)(=O)=O)ccc2N1C(=O)COC(=O)/C=C/c1ccc(C(F)(F)F)cc1. The lowest BCUT2D eigenvalue weighted by atomic mass is 10.1. The average molecular weight is 468 g/mol. The number of primary sulfonamides is 1. The van der Waals surface area contributed by atoms with E-state index in [0.717, 1.165) is 18.2 Å². The number of carbonyl (C=O) groups is 2. The van der Waals surface area contributed by atoms with Crippen molar-refractivity contribution < 1.29 is 35.9 Å². The summed E-state index contributed by atoms with van der Waals surface area (Å²) >= 11 is 0. The number of sulfonamides is 1. The number of nitrogens with zero attached hydrogens (tertiary/aromatic N) is 1. The number of esters is 1. The minimum absolute atomic E-state index is 0.0578. The number of hydrogen-bond acceptors (Lipinski definition) is 5. The maximum absolute atomic E-state index is 12.6. The number of benzene rings is 2. The molecule has 1 amide bonds. The summed E-state index contributed by atoms with van der Waals surface area (Å²) < 4.78 is 65.7. The molecule has 1 unspecified atom stereocenters. The third kappa shape index (κ3) is 5.35. The highest BCUT2D eigenvalue weighted by atomic mass is 32.2. The van der Waals surface area contributed by atoms with Crippen molar-refractivity contribution in [3.63, 3.8) is 0 Å². The van der Waals surface area contributed by atoms with Gasteiger partial charge in [-0.3, -0.25) is 4.79 Å². The smallest absolute Gasteiger partial charge is 0.416 e. The van der Waals surface area contributed by atoms with Gasteiger partial charge in [-0.05, 0) is 60.9 Å². The second-order valence-corrected chi connectivity index (χ2v) is 8.77. The zero-order valence-corrected chi connectivity index (χ0v) is 17.6. The van der Waals surface area contributed by atoms with E-state index in [9.17, 15) is 31.2 Å². The lowest BCUT2D eigenvalue weighted by Gasteiger charge is -2.22. The van der Waals surface area contributed by atoms with Gasteiger partial charge < -0.3 is 9.64 Å². The summed E-state index contributed by atoms with van der Waals surface area (Å²) in [5.41, 5.74) is 0.685. The van der Waals surface area contributed by atoms with Crippen molar-refractivity contribution in [3.05, 3.63) is 65.2 Å². The second-order valence-electron chi connectivity index (χ2n) is 7.21. The average Bonchev–Trinajstić information content (AvgIpc) is 3.04. The Kier molecular flexibility index (Phi) is 6.42. The van der Waals surface area contributed by atoms with E-state index in [1.165, 1.54) is 41.3 Å². The van der Waals surface area contributed by atoms with Gasteiger partial charge >= 0.3 is 12.1 Å². The van der Waals surface area contributed by atoms with E-state index in [1.54, 1.807) is 6.92 Å². The van der Waals surface area contributed by atoms with Crippen molar-refractivity contribution in [2.75, 3.05) is 11.5 Å². The van der Waals surface area contributed by atoms with Gasteiger partial charge in [-0.15, -0.1) is 0 Å². The Morgan fingerprint density at radius 3 is 2.44 bits per heavy atom. The second kappa shape index (κ2) is 8.75. The van der Waals surface area contributed by atoms with Crippen molar-refractivity contribution in [1.29, 1.82) is 0 Å². The molecule has 2 N–H and O–H groups in total. The molecular weight excluding hydrogens is 449 g/mol. The first-order chi connectivity index (χ1) is 14.9. The summed E-state index contributed by atoms with van der Waals surface area (Å²) in [5.74, 6) is -1.34. The molecule has 0 saturated carbocycles. The summed E-state index contributed by atoms with van der Waals surface area (Å²) in [5, 5.41) is 5.14. The number of ether oxygens (including phenoxy) is 1. The zero-order valence-electron chi connectivity index (χ0n) is 16.8. The molecule has 0 radical (unpaired) electrons. The maximum Gasteiger partial charge on any atom is 0.416 e. The number of amides is 1. The summed E-state index contributed by atoms with van der Waals surface area (Å²) in [6, 6.07) is 8.09. The molecule has 1 aliphatic heterocycles. The maximum atomic E-state index is 12.6. The molecule has 0 fully saturated rings. The Hall–Kier alpha value is -3.18. The van der Waals surface area contributed by atoms with Gasteiger partial charge in [-0.2, -0.15) is 13.2 Å². The summed E-state index contributed by atoms with van der Waals surface area (Å²) in [7, 11) is -3.88. The van der Waals surface area contributed by atoms with Gasteiger partial charge in [0.05, 0.1) is 10.5 Å². The number of hydrogen-bond donors (Lipinski definition) is 1. The fraction of sp³-hybridized carbons (Fsp3) is 0.238. The highest BCUT2D eigenvalue weighted by molar-refractivity contribution is 7.89. The molecule has 1 aliphatic rings. The van der Waals surface area contributed by atoms with Gasteiger partial charge in [-0.25, -0.2) is 18.4 Å². The van der Waals surface area contributed by atoms with Crippen LogP contribution in [0.2, 0.25) is 0 Å². The lowest BCUT2D eigenvalue weighted by molar-refractivity contribution is -0.143. The topological polar surface area (TPSA) is 107 Å². The number of rotatable bonds is 5. The Morgan fingerprint density at radius 2 is 1.84 bits per heavy atom. The summed E-state index contributed by atoms with van der Waals surface area (Å²) in [6.45, 7) is 1.21. The molecule has 32 heavy (non-hydrogen) atoms. The van der Waals surface area contributed by atoms with Crippen molar-refractivity contribution in [3.8, 4) is 0 Å². The van der Waals surface area contributed by atoms with Crippen LogP contribution in [-0.2, 0) is 36.9 Å². The van der Waals surface area contributed by atoms with E-state index < -0.39 is 40.2 Å². The Morgan fingerprint density at radius 1 is 1.19 bits per heavy atom. The molecule has 0 spiro atoms. The number of fused-ring (bicyclic) bond motifs is 1. The molecule has 11 heteroatoms. The number of nitrogens with two attached hydrogens (primary N) is 1. The monoisotopic (exact) mass is 468 g/mol. The van der Waals surface area contributed by atoms with E-state index in [4.69, 9.17) is 9.88 Å². The Balaban J connectivity index is 1.61. The van der Waals surface area contributed by atoms with Crippen LogP contribution in [0.5, 0.6) is 0 Å². The molecular formula is C21H19F3N2O5S. The van der Waals surface area contributed by atoms with Crippen LogP contribution in [0.15, 0.2) is 53.4 Å². The molecule has 2 aromatic rings. The molecule has 1 heterocycles. The van der Waals surface area contributed by atoms with E-state index >= 15 is 0 Å². The lowest BCUT2D eigenvalue weighted by Crippen LogP contribution is -2.38. The Labute approximate surface area is 182 Å². The van der Waals surface area contributed by atoms with Crippen molar-refractivity contribution in [1.82, 2.24) is 0 Å². The van der Waals surface area contributed by atoms with Crippen LogP contribution in [0.3, 0.4) is 0 Å². The van der Waals surface area contributed by atoms with Crippen LogP contribution in [-0.4, -0.2) is 32.9 Å². The molecule has 2 aromatic carbocycles. The van der Waals surface area contributed by atoms with Gasteiger partial charge in [-0.1, -0.05) is 12.1 Å². The van der Waals surface area contributed by atoms with E-state index in [0.29, 0.717) is 23.2 Å². The van der Waals surface area contributed by atoms with Crippen LogP contribution in [0, 0.1) is 0 Å². The zero-order chi connectivity index (χ0) is 23.7. The van der Waals surface area contributed by atoms with Crippen LogP contribution in [0.4, 0.5) is 18.9 Å². The van der Waals surface area contributed by atoms with Crippen LogP contribution >= 0.6 is 0 Å². The first-order valence-corrected chi connectivity index (χ1v) is 10.9. The number of halogens is 3. The Bertz CT molecular complexity index is 1170. The third-order valence-electron chi connectivity index (χ3n) is 4.85. The molecule has 1 atom stereocenters. The first kappa shape index (κ1) is 23.5. The fourth-order valence-corrected chi connectivity index (χ4v) is 3.93. The number of carbonyl (C=O) groups excluding carboxylic acids is 2. The van der Waals surface area contributed by atoms with Gasteiger partial charge in [0, 0.05) is 17.8 Å². The van der Waals surface area contributed by atoms with Gasteiger partial charge in [0.2, 0.25) is 10.0 Å². The largest absolute Gasteiger partial charge is 0.452 e. The fourth-order valence-electron chi connectivity index (χ4n) is 3.36. The van der Waals surface area contributed by atoms with Crippen LogP contribution in [0.25, 0.3) is 6.08 Å². The van der Waals surface area contributed by atoms with Crippen molar-refractivity contribution in [2.24, 2.45) is 5.14 Å². The number of alkyl halides is 3. The molecule has 3 rings (SSSR count). The summed E-state index contributed by atoms with van der Waals surface area (Å²) in [6.07, 6.45) is -1.76. The van der Waals surface area contributed by atoms with Crippen molar-refractivity contribution in [2.45, 2.75) is 30.5 Å². The molecule has 170 valence electrons. The van der Waals surface area contributed by atoms with E-state index in [-0.39, 0.29) is 10.9 Å². The molecule has 0 aromatic heterocycles. The van der Waals surface area contributed by atoms with Gasteiger partial charge in [0.25, 0.3) is 5.91 Å². The van der Waals surface area contributed by atoms with Crippen molar-refractivity contribution >= 4 is 33.7 Å². The first-order valence-electron chi connectivity index (χ1n) is 9.36. The molecule has 0 bridgehead atoms. The van der Waals surface area contributed by atoms with E-state index in [1.807, 2.05) is 0 Å². The minimum atomic E-state index is -4.45. The quantitative estimate of drug-likeness (QED) is 0.537. The van der Waals surface area contributed by atoms with Gasteiger partial charge in [0.15, 0.2) is 6.61 Å². The van der Waals surface area contributed by atoms with E-state index in [2.05, 4.69) is 0 Å².